The van der Waals surface area contributed by atoms with E-state index in [1.165, 1.54) is 5.56 Å². The van der Waals surface area contributed by atoms with E-state index in [1.807, 2.05) is 24.3 Å². The molecule has 0 fully saturated rings. The summed E-state index contributed by atoms with van der Waals surface area (Å²) in [5.74, 6) is 0.0166. The molecule has 0 saturated carbocycles. The van der Waals surface area contributed by atoms with E-state index in [0.29, 0.717) is 0 Å². The Morgan fingerprint density at radius 2 is 2.21 bits per heavy atom. The van der Waals surface area contributed by atoms with Crippen molar-refractivity contribution in [1.29, 1.82) is 0 Å². The average molecular weight is 191 g/mol. The summed E-state index contributed by atoms with van der Waals surface area (Å²) < 4.78 is 0. The second-order valence-electron chi connectivity index (χ2n) is 3.60. The zero-order valence-electron chi connectivity index (χ0n) is 8.79. The third-order valence-corrected chi connectivity index (χ3v) is 2.16. The van der Waals surface area contributed by atoms with E-state index in [-0.39, 0.29) is 5.78 Å². The van der Waals surface area contributed by atoms with Crippen LogP contribution in [0, 0.1) is 0 Å². The first kappa shape index (κ1) is 10.9. The summed E-state index contributed by atoms with van der Waals surface area (Å²) in [6, 6.07) is 7.31. The zero-order chi connectivity index (χ0) is 10.6. The molecule has 1 aromatic rings. The molecule has 0 aromatic heterocycles. The molecule has 0 heterocycles. The summed E-state index contributed by atoms with van der Waals surface area (Å²) in [6.45, 7) is 3.84. The summed E-state index contributed by atoms with van der Waals surface area (Å²) in [5.41, 5.74) is 7.48. The number of benzene rings is 1. The van der Waals surface area contributed by atoms with Gasteiger partial charge in [-0.25, -0.2) is 0 Å². The third kappa shape index (κ3) is 2.67. The number of hydrogen-bond donors (Lipinski definition) is 1. The first-order valence-corrected chi connectivity index (χ1v) is 5.04. The van der Waals surface area contributed by atoms with Gasteiger partial charge in [0.15, 0.2) is 5.78 Å². The van der Waals surface area contributed by atoms with Crippen molar-refractivity contribution in [1.82, 2.24) is 0 Å². The molecule has 2 nitrogen and oxygen atoms in total. The van der Waals surface area contributed by atoms with Crippen molar-refractivity contribution in [3.8, 4) is 0 Å². The molecule has 0 amide bonds. The molecule has 0 radical (unpaired) electrons. The van der Waals surface area contributed by atoms with Gasteiger partial charge in [0.25, 0.3) is 0 Å². The van der Waals surface area contributed by atoms with Gasteiger partial charge in [-0.15, -0.1) is 0 Å². The van der Waals surface area contributed by atoms with Crippen molar-refractivity contribution in [3.05, 3.63) is 35.4 Å². The predicted molar refractivity (Wildman–Crippen MR) is 58.4 cm³/mol. The van der Waals surface area contributed by atoms with Gasteiger partial charge in [-0.3, -0.25) is 4.79 Å². The van der Waals surface area contributed by atoms with Crippen LogP contribution in [0.1, 0.15) is 36.2 Å². The predicted octanol–water partition coefficient (Wildman–Crippen LogP) is 2.17. The Kier molecular flexibility index (Phi) is 3.84. The minimum atomic E-state index is -0.410. The molecule has 1 atom stereocenters. The maximum absolute atomic E-state index is 11.6. The number of hydrogen-bond acceptors (Lipinski definition) is 2. The van der Waals surface area contributed by atoms with Crippen LogP contribution >= 0.6 is 0 Å². The number of Topliss-reactive ketones (excluding diaryl/α,β-unsaturated/α-hetero) is 1. The average Bonchev–Trinajstić information content (AvgIpc) is 2.17. The fraction of sp³-hybridized carbons (Fsp3) is 0.417. The first-order chi connectivity index (χ1) is 6.65. The van der Waals surface area contributed by atoms with E-state index < -0.39 is 6.04 Å². The third-order valence-electron chi connectivity index (χ3n) is 2.16. The number of carbonyl (C=O) groups is 1. The Morgan fingerprint density at radius 3 is 2.79 bits per heavy atom. The van der Waals surface area contributed by atoms with Gasteiger partial charge in [0.05, 0.1) is 6.04 Å². The normalized spacial score (nSPS) is 12.5. The maximum atomic E-state index is 11.6. The topological polar surface area (TPSA) is 43.1 Å². The highest BCUT2D eigenvalue weighted by Gasteiger charge is 2.10. The molecule has 2 N–H and O–H groups in total. The van der Waals surface area contributed by atoms with Gasteiger partial charge < -0.3 is 5.73 Å². The lowest BCUT2D eigenvalue weighted by atomic mass is 10.0. The number of nitrogens with two attached hydrogens (primary N) is 1. The second-order valence-corrected chi connectivity index (χ2v) is 3.60. The van der Waals surface area contributed by atoms with E-state index in [2.05, 4.69) is 6.92 Å². The van der Waals surface area contributed by atoms with Crippen molar-refractivity contribution in [2.45, 2.75) is 32.7 Å². The second kappa shape index (κ2) is 4.91. The van der Waals surface area contributed by atoms with Gasteiger partial charge in [-0.1, -0.05) is 31.5 Å². The molecule has 76 valence electrons. The standard InChI is InChI=1S/C12H17NO/c1-3-5-10-6-4-7-11(8-10)12(14)9(2)13/h4,6-9H,3,5,13H2,1-2H3. The largest absolute Gasteiger partial charge is 0.321 e. The Hall–Kier alpha value is -1.15. The van der Waals surface area contributed by atoms with Crippen LogP contribution in [0.25, 0.3) is 0 Å². The van der Waals surface area contributed by atoms with Gasteiger partial charge in [0.2, 0.25) is 0 Å². The molecule has 14 heavy (non-hydrogen) atoms. The minimum Gasteiger partial charge on any atom is -0.321 e. The molecule has 1 aromatic carbocycles. The van der Waals surface area contributed by atoms with Crippen LogP contribution in [0.15, 0.2) is 24.3 Å². The van der Waals surface area contributed by atoms with E-state index in [1.54, 1.807) is 6.92 Å². The smallest absolute Gasteiger partial charge is 0.179 e. The summed E-state index contributed by atoms with van der Waals surface area (Å²) in [6.07, 6.45) is 2.11. The van der Waals surface area contributed by atoms with Crippen LogP contribution in [0.2, 0.25) is 0 Å². The Morgan fingerprint density at radius 1 is 1.50 bits per heavy atom. The van der Waals surface area contributed by atoms with Crippen LogP contribution < -0.4 is 5.73 Å². The van der Waals surface area contributed by atoms with Gasteiger partial charge in [-0.2, -0.15) is 0 Å². The highest BCUT2D eigenvalue weighted by molar-refractivity contribution is 5.99. The number of aryl methyl sites for hydroxylation is 1. The molecule has 1 unspecified atom stereocenters. The fourth-order valence-corrected chi connectivity index (χ4v) is 1.43. The van der Waals surface area contributed by atoms with Gasteiger partial charge in [-0.05, 0) is 25.0 Å². The van der Waals surface area contributed by atoms with Crippen LogP contribution in [0.4, 0.5) is 0 Å². The van der Waals surface area contributed by atoms with Crippen LogP contribution in [-0.4, -0.2) is 11.8 Å². The molecular formula is C12H17NO. The van der Waals surface area contributed by atoms with E-state index in [9.17, 15) is 4.79 Å². The van der Waals surface area contributed by atoms with Crippen molar-refractivity contribution in [2.75, 3.05) is 0 Å². The molecule has 0 aliphatic heterocycles. The van der Waals surface area contributed by atoms with E-state index >= 15 is 0 Å². The summed E-state index contributed by atoms with van der Waals surface area (Å²) in [4.78, 5) is 11.6. The number of rotatable bonds is 4. The quantitative estimate of drug-likeness (QED) is 0.741. The van der Waals surface area contributed by atoms with Crippen LogP contribution in [0.5, 0.6) is 0 Å². The summed E-state index contributed by atoms with van der Waals surface area (Å²) >= 11 is 0. The maximum Gasteiger partial charge on any atom is 0.179 e. The van der Waals surface area contributed by atoms with Crippen molar-refractivity contribution >= 4 is 5.78 Å². The van der Waals surface area contributed by atoms with Crippen molar-refractivity contribution < 1.29 is 4.79 Å². The lowest BCUT2D eigenvalue weighted by Crippen LogP contribution is -2.26. The van der Waals surface area contributed by atoms with Crippen molar-refractivity contribution in [3.63, 3.8) is 0 Å². The van der Waals surface area contributed by atoms with Gasteiger partial charge in [0, 0.05) is 5.56 Å². The van der Waals surface area contributed by atoms with E-state index in [0.717, 1.165) is 18.4 Å². The molecule has 0 saturated heterocycles. The summed E-state index contributed by atoms with van der Waals surface area (Å²) in [5, 5.41) is 0. The van der Waals surface area contributed by atoms with Gasteiger partial charge in [0.1, 0.15) is 0 Å². The monoisotopic (exact) mass is 191 g/mol. The van der Waals surface area contributed by atoms with Crippen LogP contribution in [-0.2, 0) is 6.42 Å². The molecule has 0 aliphatic carbocycles. The molecule has 2 heteroatoms. The summed E-state index contributed by atoms with van der Waals surface area (Å²) in [7, 11) is 0. The first-order valence-electron chi connectivity index (χ1n) is 5.04. The highest BCUT2D eigenvalue weighted by atomic mass is 16.1. The SMILES string of the molecule is CCCc1cccc(C(=O)C(C)N)c1. The number of ketones is 1. The fourth-order valence-electron chi connectivity index (χ4n) is 1.43. The molecule has 0 aliphatic rings. The highest BCUT2D eigenvalue weighted by Crippen LogP contribution is 2.09. The molecule has 1 rings (SSSR count). The molecule has 0 spiro atoms. The Labute approximate surface area is 85.1 Å². The van der Waals surface area contributed by atoms with E-state index in [4.69, 9.17) is 5.73 Å². The Balaban J connectivity index is 2.88. The molecular weight excluding hydrogens is 174 g/mol. The number of carbonyl (C=O) groups excluding carboxylic acids is 1. The van der Waals surface area contributed by atoms with Gasteiger partial charge >= 0.3 is 0 Å². The molecule has 0 bridgehead atoms. The minimum absolute atomic E-state index is 0.0166. The lowest BCUT2D eigenvalue weighted by Gasteiger charge is -2.06. The van der Waals surface area contributed by atoms with Crippen LogP contribution in [0.3, 0.4) is 0 Å². The lowest BCUT2D eigenvalue weighted by molar-refractivity contribution is 0.0968. The van der Waals surface area contributed by atoms with Crippen molar-refractivity contribution in [2.24, 2.45) is 5.73 Å². The zero-order valence-corrected chi connectivity index (χ0v) is 8.79. The Bertz CT molecular complexity index is 318.